The largest absolute Gasteiger partial charge is 0.355 e. The molecule has 0 radical (unpaired) electrons. The van der Waals surface area contributed by atoms with Crippen LogP contribution < -0.4 is 5.32 Å². The Kier molecular flexibility index (Phi) is 7.91. The van der Waals surface area contributed by atoms with Crippen LogP contribution in [0.5, 0.6) is 0 Å². The van der Waals surface area contributed by atoms with Gasteiger partial charge >= 0.3 is 0 Å². The number of carbonyl (C=O) groups excluding carboxylic acids is 2. The van der Waals surface area contributed by atoms with Crippen LogP contribution in [0.25, 0.3) is 0 Å². The van der Waals surface area contributed by atoms with E-state index in [2.05, 4.69) is 5.32 Å². The van der Waals surface area contributed by atoms with Gasteiger partial charge in [0, 0.05) is 13.0 Å². The lowest BCUT2D eigenvalue weighted by Gasteiger charge is -2.15. The van der Waals surface area contributed by atoms with Crippen molar-refractivity contribution in [3.05, 3.63) is 0 Å². The number of likely N-dealkylation sites (N-methyl/N-ethyl adjacent to an activating group) is 1. The summed E-state index contributed by atoms with van der Waals surface area (Å²) in [5.74, 6) is 0.265. The molecule has 0 rings (SSSR count). The van der Waals surface area contributed by atoms with Crippen LogP contribution in [0.1, 0.15) is 33.1 Å². The second-order valence-electron chi connectivity index (χ2n) is 3.89. The van der Waals surface area contributed by atoms with Gasteiger partial charge in [0.25, 0.3) is 0 Å². The molecule has 0 aromatic heterocycles. The van der Waals surface area contributed by atoms with Crippen LogP contribution in [0.3, 0.4) is 0 Å². The van der Waals surface area contributed by atoms with Crippen molar-refractivity contribution < 1.29 is 9.59 Å². The van der Waals surface area contributed by atoms with Gasteiger partial charge in [-0.2, -0.15) is 0 Å². The molecular weight excluding hydrogens is 192 g/mol. The first-order chi connectivity index (χ1) is 7.06. The van der Waals surface area contributed by atoms with Crippen LogP contribution in [0.2, 0.25) is 0 Å². The van der Waals surface area contributed by atoms with E-state index in [0.717, 1.165) is 25.9 Å². The second kappa shape index (κ2) is 8.41. The van der Waals surface area contributed by atoms with Crippen LogP contribution in [-0.2, 0) is 9.59 Å². The van der Waals surface area contributed by atoms with Gasteiger partial charge in [-0.25, -0.2) is 0 Å². The first-order valence-electron chi connectivity index (χ1n) is 5.51. The van der Waals surface area contributed by atoms with E-state index in [4.69, 9.17) is 0 Å². The zero-order chi connectivity index (χ0) is 11.7. The van der Waals surface area contributed by atoms with E-state index in [-0.39, 0.29) is 11.7 Å². The van der Waals surface area contributed by atoms with Gasteiger partial charge in [0.1, 0.15) is 5.78 Å². The molecule has 4 nitrogen and oxygen atoms in total. The third kappa shape index (κ3) is 9.41. The van der Waals surface area contributed by atoms with Gasteiger partial charge in [0.15, 0.2) is 0 Å². The molecule has 0 aliphatic carbocycles. The number of carbonyl (C=O) groups is 2. The van der Waals surface area contributed by atoms with E-state index >= 15 is 0 Å². The van der Waals surface area contributed by atoms with Crippen molar-refractivity contribution in [3.8, 4) is 0 Å². The summed E-state index contributed by atoms with van der Waals surface area (Å²) >= 11 is 0. The van der Waals surface area contributed by atoms with Crippen molar-refractivity contribution in [3.63, 3.8) is 0 Å². The Morgan fingerprint density at radius 2 is 2.00 bits per heavy atom. The second-order valence-corrected chi connectivity index (χ2v) is 3.89. The number of amides is 1. The zero-order valence-electron chi connectivity index (χ0n) is 10.0. The Labute approximate surface area is 92.0 Å². The number of hydrogen-bond donors (Lipinski definition) is 1. The van der Waals surface area contributed by atoms with Gasteiger partial charge in [-0.15, -0.1) is 0 Å². The molecule has 15 heavy (non-hydrogen) atoms. The summed E-state index contributed by atoms with van der Waals surface area (Å²) in [6, 6.07) is 0. The third-order valence-electron chi connectivity index (χ3n) is 2.05. The van der Waals surface area contributed by atoms with E-state index in [1.165, 1.54) is 0 Å². The topological polar surface area (TPSA) is 49.4 Å². The number of hydrogen-bond acceptors (Lipinski definition) is 3. The number of ketones is 1. The number of nitrogens with one attached hydrogen (secondary N) is 1. The van der Waals surface area contributed by atoms with Gasteiger partial charge in [0.05, 0.1) is 6.54 Å². The average Bonchev–Trinajstić information content (AvgIpc) is 2.14. The monoisotopic (exact) mass is 214 g/mol. The molecule has 1 N–H and O–H groups in total. The summed E-state index contributed by atoms with van der Waals surface area (Å²) in [6.45, 7) is 5.56. The standard InChI is InChI=1S/C11H22N2O2/c1-4-7-12-11(15)9-13(3)8-5-6-10(2)14/h4-9H2,1-3H3,(H,12,15). The Hall–Kier alpha value is -0.900. The molecule has 0 heterocycles. The molecule has 0 unspecified atom stereocenters. The van der Waals surface area contributed by atoms with Crippen molar-refractivity contribution in [2.75, 3.05) is 26.7 Å². The fraction of sp³-hybridized carbons (Fsp3) is 0.818. The highest BCUT2D eigenvalue weighted by molar-refractivity contribution is 5.78. The van der Waals surface area contributed by atoms with Crippen LogP contribution in [0.4, 0.5) is 0 Å². The lowest BCUT2D eigenvalue weighted by atomic mass is 10.2. The Morgan fingerprint density at radius 1 is 1.33 bits per heavy atom. The van der Waals surface area contributed by atoms with Crippen LogP contribution in [0, 0.1) is 0 Å². The molecule has 0 bridgehead atoms. The predicted molar refractivity (Wildman–Crippen MR) is 60.7 cm³/mol. The summed E-state index contributed by atoms with van der Waals surface area (Å²) in [5.41, 5.74) is 0. The molecule has 0 atom stereocenters. The van der Waals surface area contributed by atoms with Gasteiger partial charge in [-0.05, 0) is 33.4 Å². The summed E-state index contributed by atoms with van der Waals surface area (Å²) in [4.78, 5) is 23.9. The minimum absolute atomic E-state index is 0.0576. The minimum atomic E-state index is 0.0576. The first-order valence-corrected chi connectivity index (χ1v) is 5.51. The molecule has 0 aromatic rings. The molecule has 0 saturated carbocycles. The maximum atomic E-state index is 11.3. The van der Waals surface area contributed by atoms with E-state index in [9.17, 15) is 9.59 Å². The molecule has 0 fully saturated rings. The highest BCUT2D eigenvalue weighted by atomic mass is 16.2. The predicted octanol–water partition coefficient (Wildman–Crippen LogP) is 0.814. The SMILES string of the molecule is CCCNC(=O)CN(C)CCCC(C)=O. The first kappa shape index (κ1) is 14.1. The van der Waals surface area contributed by atoms with Crippen molar-refractivity contribution >= 4 is 11.7 Å². The van der Waals surface area contributed by atoms with Crippen molar-refractivity contribution in [1.29, 1.82) is 0 Å². The molecular formula is C11H22N2O2. The van der Waals surface area contributed by atoms with Crippen molar-refractivity contribution in [2.24, 2.45) is 0 Å². The van der Waals surface area contributed by atoms with E-state index in [0.29, 0.717) is 13.0 Å². The van der Waals surface area contributed by atoms with E-state index in [1.54, 1.807) is 6.92 Å². The number of Topliss-reactive ketones (excluding diaryl/α,β-unsaturated/α-hetero) is 1. The molecule has 1 amide bonds. The van der Waals surface area contributed by atoms with Crippen LogP contribution in [0.15, 0.2) is 0 Å². The molecule has 0 aromatic carbocycles. The molecule has 0 aliphatic rings. The minimum Gasteiger partial charge on any atom is -0.355 e. The normalized spacial score (nSPS) is 10.4. The fourth-order valence-electron chi connectivity index (χ4n) is 1.24. The van der Waals surface area contributed by atoms with Gasteiger partial charge in [-0.1, -0.05) is 6.92 Å². The molecule has 0 aliphatic heterocycles. The molecule has 0 spiro atoms. The van der Waals surface area contributed by atoms with Gasteiger partial charge < -0.3 is 10.1 Å². The fourth-order valence-corrected chi connectivity index (χ4v) is 1.24. The Balaban J connectivity index is 3.50. The Bertz CT molecular complexity index is 205. The van der Waals surface area contributed by atoms with E-state index < -0.39 is 0 Å². The van der Waals surface area contributed by atoms with Crippen LogP contribution in [-0.4, -0.2) is 43.3 Å². The number of nitrogens with zero attached hydrogens (tertiary/aromatic N) is 1. The molecule has 0 saturated heterocycles. The molecule has 4 heteroatoms. The smallest absolute Gasteiger partial charge is 0.234 e. The summed E-state index contributed by atoms with van der Waals surface area (Å²) in [6.07, 6.45) is 2.38. The quantitative estimate of drug-likeness (QED) is 0.650. The highest BCUT2D eigenvalue weighted by Crippen LogP contribution is 1.93. The summed E-state index contributed by atoms with van der Waals surface area (Å²) in [5, 5.41) is 2.81. The van der Waals surface area contributed by atoms with Gasteiger partial charge in [0.2, 0.25) is 5.91 Å². The lowest BCUT2D eigenvalue weighted by molar-refractivity contribution is -0.121. The zero-order valence-corrected chi connectivity index (χ0v) is 10.0. The lowest BCUT2D eigenvalue weighted by Crippen LogP contribution is -2.35. The highest BCUT2D eigenvalue weighted by Gasteiger charge is 2.05. The maximum Gasteiger partial charge on any atom is 0.234 e. The van der Waals surface area contributed by atoms with Gasteiger partial charge in [-0.3, -0.25) is 9.69 Å². The van der Waals surface area contributed by atoms with Crippen molar-refractivity contribution in [2.45, 2.75) is 33.1 Å². The number of rotatable bonds is 8. The maximum absolute atomic E-state index is 11.3. The van der Waals surface area contributed by atoms with Crippen molar-refractivity contribution in [1.82, 2.24) is 10.2 Å². The molecule has 88 valence electrons. The third-order valence-corrected chi connectivity index (χ3v) is 2.05. The van der Waals surface area contributed by atoms with E-state index in [1.807, 2.05) is 18.9 Å². The summed E-state index contributed by atoms with van der Waals surface area (Å²) in [7, 11) is 1.89. The average molecular weight is 214 g/mol. The van der Waals surface area contributed by atoms with Crippen LogP contribution >= 0.6 is 0 Å². The summed E-state index contributed by atoms with van der Waals surface area (Å²) < 4.78 is 0. The Morgan fingerprint density at radius 3 is 2.53 bits per heavy atom.